The van der Waals surface area contributed by atoms with Crippen molar-refractivity contribution >= 4 is 17.5 Å². The predicted octanol–water partition coefficient (Wildman–Crippen LogP) is 1.31. The van der Waals surface area contributed by atoms with Crippen LogP contribution in [0.15, 0.2) is 12.1 Å². The number of hydrogen-bond donors (Lipinski definition) is 3. The molecule has 1 aromatic rings. The van der Waals surface area contributed by atoms with Crippen LogP contribution in [-0.4, -0.2) is 24.4 Å². The molecule has 7 heteroatoms. The Hall–Kier alpha value is -2.02. The Labute approximate surface area is 121 Å². The maximum absolute atomic E-state index is 13.5. The van der Waals surface area contributed by atoms with E-state index in [1.165, 1.54) is 6.92 Å². The van der Waals surface area contributed by atoms with Crippen molar-refractivity contribution in [1.82, 2.24) is 5.32 Å². The van der Waals surface area contributed by atoms with E-state index in [9.17, 15) is 18.4 Å². The minimum Gasteiger partial charge on any atom is -0.346 e. The van der Waals surface area contributed by atoms with Crippen LogP contribution >= 0.6 is 0 Å². The predicted molar refractivity (Wildman–Crippen MR) is 75.5 cm³/mol. The van der Waals surface area contributed by atoms with Gasteiger partial charge in [-0.05, 0) is 24.5 Å². The fraction of sp³-hybridized carbons (Fsp3) is 0.429. The highest BCUT2D eigenvalue weighted by atomic mass is 19.1. The third kappa shape index (κ3) is 4.78. The molecule has 0 aliphatic heterocycles. The Bertz CT molecular complexity index is 547. The lowest BCUT2D eigenvalue weighted by Crippen LogP contribution is -2.46. The molecule has 2 amide bonds. The highest BCUT2D eigenvalue weighted by Crippen LogP contribution is 2.18. The van der Waals surface area contributed by atoms with Crippen molar-refractivity contribution in [2.75, 3.05) is 11.9 Å². The van der Waals surface area contributed by atoms with Gasteiger partial charge in [0.2, 0.25) is 11.8 Å². The molecule has 4 N–H and O–H groups in total. The standard InChI is InChI=1S/C14H19F2N3O2/c1-7(2)13(17)14(21)18-6-12(20)19-11-5-9(15)8(3)4-10(11)16/h4-5,7,13H,6,17H2,1-3H3,(H,18,21)(H,19,20)/t13-/m0/s1. The Kier molecular flexibility index (Phi) is 5.78. The molecular weight excluding hydrogens is 280 g/mol. The number of aryl methyl sites for hydroxylation is 1. The van der Waals surface area contributed by atoms with Crippen molar-refractivity contribution in [2.45, 2.75) is 26.8 Å². The zero-order valence-electron chi connectivity index (χ0n) is 12.2. The van der Waals surface area contributed by atoms with Gasteiger partial charge in [0.1, 0.15) is 11.6 Å². The van der Waals surface area contributed by atoms with Gasteiger partial charge in [-0.1, -0.05) is 13.8 Å². The van der Waals surface area contributed by atoms with Crippen LogP contribution in [0.5, 0.6) is 0 Å². The average Bonchev–Trinajstić information content (AvgIpc) is 2.41. The second kappa shape index (κ2) is 7.12. The van der Waals surface area contributed by atoms with Gasteiger partial charge in [-0.3, -0.25) is 9.59 Å². The number of benzene rings is 1. The minimum atomic E-state index is -0.743. The number of anilines is 1. The largest absolute Gasteiger partial charge is 0.346 e. The summed E-state index contributed by atoms with van der Waals surface area (Å²) < 4.78 is 26.8. The van der Waals surface area contributed by atoms with Crippen molar-refractivity contribution in [3.05, 3.63) is 29.3 Å². The highest BCUT2D eigenvalue weighted by Gasteiger charge is 2.18. The van der Waals surface area contributed by atoms with Gasteiger partial charge < -0.3 is 16.4 Å². The van der Waals surface area contributed by atoms with Crippen molar-refractivity contribution < 1.29 is 18.4 Å². The van der Waals surface area contributed by atoms with E-state index in [1.54, 1.807) is 13.8 Å². The summed E-state index contributed by atoms with van der Waals surface area (Å²) in [6.07, 6.45) is 0. The maximum atomic E-state index is 13.5. The zero-order valence-corrected chi connectivity index (χ0v) is 12.2. The first-order valence-electron chi connectivity index (χ1n) is 6.51. The number of hydrogen-bond acceptors (Lipinski definition) is 3. The van der Waals surface area contributed by atoms with Crippen LogP contribution in [0, 0.1) is 24.5 Å². The first-order chi connectivity index (χ1) is 9.72. The summed E-state index contributed by atoms with van der Waals surface area (Å²) in [5, 5.41) is 4.53. The number of nitrogens with two attached hydrogens (primary N) is 1. The van der Waals surface area contributed by atoms with Crippen molar-refractivity contribution in [3.63, 3.8) is 0 Å². The SMILES string of the molecule is Cc1cc(F)c(NC(=O)CNC(=O)[C@@H](N)C(C)C)cc1F. The van der Waals surface area contributed by atoms with Gasteiger partial charge in [0.25, 0.3) is 0 Å². The van der Waals surface area contributed by atoms with Crippen molar-refractivity contribution in [2.24, 2.45) is 11.7 Å². The van der Waals surface area contributed by atoms with Crippen LogP contribution in [-0.2, 0) is 9.59 Å². The molecule has 1 atom stereocenters. The summed E-state index contributed by atoms with van der Waals surface area (Å²) in [5.41, 5.74) is 5.47. The van der Waals surface area contributed by atoms with Gasteiger partial charge in [0, 0.05) is 6.07 Å². The molecule has 0 aliphatic carbocycles. The maximum Gasteiger partial charge on any atom is 0.243 e. The van der Waals surface area contributed by atoms with E-state index < -0.39 is 29.5 Å². The summed E-state index contributed by atoms with van der Waals surface area (Å²) in [6.45, 7) is 4.59. The Morgan fingerprint density at radius 3 is 2.43 bits per heavy atom. The van der Waals surface area contributed by atoms with E-state index in [-0.39, 0.29) is 23.7 Å². The molecule has 0 saturated heterocycles. The molecule has 0 aromatic heterocycles. The number of halogens is 2. The molecule has 0 fully saturated rings. The van der Waals surface area contributed by atoms with Gasteiger partial charge in [0.15, 0.2) is 0 Å². The molecule has 0 spiro atoms. The fourth-order valence-corrected chi connectivity index (χ4v) is 1.52. The van der Waals surface area contributed by atoms with Crippen LogP contribution in [0.3, 0.4) is 0 Å². The summed E-state index contributed by atoms with van der Waals surface area (Å²) >= 11 is 0. The fourth-order valence-electron chi connectivity index (χ4n) is 1.52. The molecule has 0 saturated carbocycles. The van der Waals surface area contributed by atoms with E-state index in [0.717, 1.165) is 12.1 Å². The molecule has 1 rings (SSSR count). The quantitative estimate of drug-likeness (QED) is 0.766. The number of carbonyl (C=O) groups excluding carboxylic acids is 2. The first-order valence-corrected chi connectivity index (χ1v) is 6.51. The third-order valence-corrected chi connectivity index (χ3v) is 2.97. The van der Waals surface area contributed by atoms with E-state index in [1.807, 2.05) is 0 Å². The monoisotopic (exact) mass is 299 g/mol. The number of carbonyl (C=O) groups is 2. The molecule has 116 valence electrons. The molecule has 1 aromatic carbocycles. The first kappa shape index (κ1) is 17.0. The van der Waals surface area contributed by atoms with Gasteiger partial charge in [-0.2, -0.15) is 0 Å². The van der Waals surface area contributed by atoms with Gasteiger partial charge in [-0.25, -0.2) is 8.78 Å². The van der Waals surface area contributed by atoms with Gasteiger partial charge in [0.05, 0.1) is 18.3 Å². The van der Waals surface area contributed by atoms with Crippen LogP contribution in [0.1, 0.15) is 19.4 Å². The van der Waals surface area contributed by atoms with Crippen LogP contribution < -0.4 is 16.4 Å². The number of nitrogens with one attached hydrogen (secondary N) is 2. The highest BCUT2D eigenvalue weighted by molar-refractivity contribution is 5.95. The second-order valence-corrected chi connectivity index (χ2v) is 5.12. The van der Waals surface area contributed by atoms with E-state index >= 15 is 0 Å². The number of amides is 2. The summed E-state index contributed by atoms with van der Waals surface area (Å²) in [6, 6.07) is 1.15. The second-order valence-electron chi connectivity index (χ2n) is 5.12. The third-order valence-electron chi connectivity index (χ3n) is 2.97. The van der Waals surface area contributed by atoms with Crippen molar-refractivity contribution in [1.29, 1.82) is 0 Å². The van der Waals surface area contributed by atoms with Crippen LogP contribution in [0.2, 0.25) is 0 Å². The molecule has 0 heterocycles. The lowest BCUT2D eigenvalue weighted by Gasteiger charge is -2.15. The smallest absolute Gasteiger partial charge is 0.243 e. The van der Waals surface area contributed by atoms with E-state index in [0.29, 0.717) is 0 Å². The molecule has 21 heavy (non-hydrogen) atoms. The van der Waals surface area contributed by atoms with Crippen LogP contribution in [0.4, 0.5) is 14.5 Å². The Balaban J connectivity index is 2.59. The molecule has 0 aliphatic rings. The van der Waals surface area contributed by atoms with Gasteiger partial charge >= 0.3 is 0 Å². The molecule has 0 unspecified atom stereocenters. The van der Waals surface area contributed by atoms with E-state index in [4.69, 9.17) is 5.73 Å². The molecule has 0 bridgehead atoms. The van der Waals surface area contributed by atoms with Gasteiger partial charge in [-0.15, -0.1) is 0 Å². The summed E-state index contributed by atoms with van der Waals surface area (Å²) in [5.74, 6) is -2.58. The minimum absolute atomic E-state index is 0.0725. The lowest BCUT2D eigenvalue weighted by molar-refractivity contribution is -0.125. The Morgan fingerprint density at radius 2 is 1.86 bits per heavy atom. The average molecular weight is 299 g/mol. The molecular formula is C14H19F2N3O2. The summed E-state index contributed by atoms with van der Waals surface area (Å²) in [4.78, 5) is 23.2. The zero-order chi connectivity index (χ0) is 16.2. The number of rotatable bonds is 5. The molecule has 5 nitrogen and oxygen atoms in total. The van der Waals surface area contributed by atoms with Crippen LogP contribution in [0.25, 0.3) is 0 Å². The van der Waals surface area contributed by atoms with E-state index in [2.05, 4.69) is 10.6 Å². The normalized spacial score (nSPS) is 12.1. The van der Waals surface area contributed by atoms with Crippen molar-refractivity contribution in [3.8, 4) is 0 Å². The summed E-state index contributed by atoms with van der Waals surface area (Å²) in [7, 11) is 0. The lowest BCUT2D eigenvalue weighted by atomic mass is 10.1. The molecule has 0 radical (unpaired) electrons. The topological polar surface area (TPSA) is 84.2 Å². The Morgan fingerprint density at radius 1 is 1.24 bits per heavy atom.